The Morgan fingerprint density at radius 2 is 2.09 bits per heavy atom. The summed E-state index contributed by atoms with van der Waals surface area (Å²) in [7, 11) is 1.71. The first-order valence-corrected chi connectivity index (χ1v) is 7.56. The van der Waals surface area contributed by atoms with E-state index in [1.54, 1.807) is 19.3 Å². The molecule has 1 saturated heterocycles. The molecule has 2 aromatic rings. The molecule has 5 nitrogen and oxygen atoms in total. The molecule has 0 N–H and O–H groups in total. The minimum Gasteiger partial charge on any atom is -0.289 e. The molecular weight excluding hydrogens is 296 g/mol. The molecule has 110 valence electrons. The van der Waals surface area contributed by atoms with Gasteiger partial charge in [-0.3, -0.25) is 14.7 Å². The molecule has 1 aliphatic heterocycles. The van der Waals surface area contributed by atoms with Gasteiger partial charge in [-0.25, -0.2) is 9.98 Å². The molecule has 3 rings (SSSR count). The highest BCUT2D eigenvalue weighted by Crippen LogP contribution is 2.32. The zero-order valence-corrected chi connectivity index (χ0v) is 13.0. The molecule has 0 bridgehead atoms. The van der Waals surface area contributed by atoms with Gasteiger partial charge in [-0.05, 0) is 49.0 Å². The Morgan fingerprint density at radius 1 is 1.23 bits per heavy atom. The lowest BCUT2D eigenvalue weighted by molar-refractivity contribution is -0.121. The van der Waals surface area contributed by atoms with Gasteiger partial charge in [-0.15, -0.1) is 0 Å². The van der Waals surface area contributed by atoms with E-state index in [0.29, 0.717) is 15.9 Å². The van der Waals surface area contributed by atoms with Crippen LogP contribution < -0.4 is 0 Å². The number of carbonyl (C=O) groups excluding carboxylic acids is 1. The van der Waals surface area contributed by atoms with E-state index < -0.39 is 0 Å². The zero-order valence-electron chi connectivity index (χ0n) is 12.2. The van der Waals surface area contributed by atoms with Gasteiger partial charge in [0.2, 0.25) is 0 Å². The summed E-state index contributed by atoms with van der Waals surface area (Å²) in [4.78, 5) is 27.4. The summed E-state index contributed by atoms with van der Waals surface area (Å²) in [5.41, 5.74) is 1.64. The summed E-state index contributed by atoms with van der Waals surface area (Å²) < 4.78 is 0. The van der Waals surface area contributed by atoms with Gasteiger partial charge in [0.25, 0.3) is 5.91 Å². The molecule has 0 aromatic carbocycles. The number of hydrogen-bond donors (Lipinski definition) is 0. The predicted octanol–water partition coefficient (Wildman–Crippen LogP) is 3.02. The van der Waals surface area contributed by atoms with Crippen molar-refractivity contribution in [3.63, 3.8) is 0 Å². The molecule has 1 fully saturated rings. The second kappa shape index (κ2) is 6.11. The van der Waals surface area contributed by atoms with E-state index >= 15 is 0 Å². The van der Waals surface area contributed by atoms with Crippen molar-refractivity contribution in [3.8, 4) is 0 Å². The Labute approximate surface area is 132 Å². The third-order valence-corrected chi connectivity index (χ3v) is 4.11. The number of amides is 1. The largest absolute Gasteiger partial charge is 0.289 e. The quantitative estimate of drug-likeness (QED) is 0.800. The summed E-state index contributed by atoms with van der Waals surface area (Å²) in [5.74, 6) is 0.517. The number of aliphatic imine (C=N–C) groups is 1. The average molecular weight is 310 g/mol. The molecule has 0 radical (unpaired) electrons. The number of nitrogens with zero attached hydrogens (tertiary/aromatic N) is 4. The fraction of sp³-hybridized carbons (Fsp3) is 0.125. The fourth-order valence-electron chi connectivity index (χ4n) is 1.94. The highest BCUT2D eigenvalue weighted by atomic mass is 32.2. The summed E-state index contributed by atoms with van der Waals surface area (Å²) in [6.45, 7) is 1.91. The van der Waals surface area contributed by atoms with Crippen LogP contribution in [-0.2, 0) is 4.79 Å². The number of aromatic nitrogens is 2. The molecule has 0 aliphatic carbocycles. The second-order valence-electron chi connectivity index (χ2n) is 4.76. The SMILES string of the molecule is Cc1cccc(/N=C2/S/C(=C\c3ccccn3)C(=O)N2C)n1. The van der Waals surface area contributed by atoms with Gasteiger partial charge in [0.15, 0.2) is 11.0 Å². The van der Waals surface area contributed by atoms with Crippen LogP contribution in [0.3, 0.4) is 0 Å². The minimum atomic E-state index is -0.0814. The van der Waals surface area contributed by atoms with E-state index in [2.05, 4.69) is 15.0 Å². The number of hydrogen-bond acceptors (Lipinski definition) is 5. The van der Waals surface area contributed by atoms with Gasteiger partial charge in [-0.2, -0.15) is 0 Å². The molecule has 0 atom stereocenters. The van der Waals surface area contributed by atoms with Gasteiger partial charge in [-0.1, -0.05) is 12.1 Å². The van der Waals surface area contributed by atoms with E-state index in [-0.39, 0.29) is 5.91 Å². The van der Waals surface area contributed by atoms with Gasteiger partial charge >= 0.3 is 0 Å². The van der Waals surface area contributed by atoms with Crippen LogP contribution in [0, 0.1) is 6.92 Å². The van der Waals surface area contributed by atoms with Crippen LogP contribution in [-0.4, -0.2) is 33.0 Å². The van der Waals surface area contributed by atoms with Crippen LogP contribution in [0.2, 0.25) is 0 Å². The maximum absolute atomic E-state index is 12.3. The van der Waals surface area contributed by atoms with Crippen LogP contribution in [0.15, 0.2) is 52.5 Å². The number of pyridine rings is 2. The summed E-state index contributed by atoms with van der Waals surface area (Å²) in [6, 6.07) is 11.2. The van der Waals surface area contributed by atoms with Crippen molar-refractivity contribution in [2.45, 2.75) is 6.92 Å². The van der Waals surface area contributed by atoms with Crippen LogP contribution in [0.5, 0.6) is 0 Å². The number of carbonyl (C=O) groups is 1. The number of amidine groups is 1. The van der Waals surface area contributed by atoms with Gasteiger partial charge in [0, 0.05) is 18.9 Å². The number of aryl methyl sites for hydroxylation is 1. The van der Waals surface area contributed by atoms with Gasteiger partial charge in [0.1, 0.15) is 0 Å². The average Bonchev–Trinajstić information content (AvgIpc) is 2.77. The van der Waals surface area contributed by atoms with Crippen LogP contribution >= 0.6 is 11.8 Å². The molecule has 0 saturated carbocycles. The van der Waals surface area contributed by atoms with Crippen LogP contribution in [0.1, 0.15) is 11.4 Å². The third-order valence-electron chi connectivity index (χ3n) is 3.05. The maximum Gasteiger partial charge on any atom is 0.266 e. The fourth-order valence-corrected chi connectivity index (χ4v) is 2.90. The Bertz CT molecular complexity index is 771. The smallest absolute Gasteiger partial charge is 0.266 e. The highest BCUT2D eigenvalue weighted by molar-refractivity contribution is 8.18. The van der Waals surface area contributed by atoms with Crippen molar-refractivity contribution < 1.29 is 4.79 Å². The lowest BCUT2D eigenvalue weighted by Gasteiger charge is -2.06. The van der Waals surface area contributed by atoms with Crippen molar-refractivity contribution in [1.29, 1.82) is 0 Å². The first-order valence-electron chi connectivity index (χ1n) is 6.74. The Balaban J connectivity index is 1.90. The number of likely N-dealkylation sites (N-methyl/N-ethyl adjacent to an activating group) is 1. The van der Waals surface area contributed by atoms with Crippen molar-refractivity contribution in [1.82, 2.24) is 14.9 Å². The number of thioether (sulfide) groups is 1. The van der Waals surface area contributed by atoms with Gasteiger partial charge < -0.3 is 0 Å². The van der Waals surface area contributed by atoms with E-state index in [0.717, 1.165) is 11.4 Å². The molecule has 1 amide bonds. The summed E-state index contributed by atoms with van der Waals surface area (Å²) in [6.07, 6.45) is 3.47. The molecule has 0 unspecified atom stereocenters. The van der Waals surface area contributed by atoms with Crippen molar-refractivity contribution in [3.05, 3.63) is 58.9 Å². The van der Waals surface area contributed by atoms with E-state index in [1.807, 2.05) is 43.3 Å². The normalized spacial score (nSPS) is 18.5. The molecule has 22 heavy (non-hydrogen) atoms. The van der Waals surface area contributed by atoms with Gasteiger partial charge in [0.05, 0.1) is 10.6 Å². The van der Waals surface area contributed by atoms with Crippen molar-refractivity contribution >= 4 is 34.7 Å². The first kappa shape index (κ1) is 14.5. The Hall–Kier alpha value is -2.47. The molecule has 0 spiro atoms. The second-order valence-corrected chi connectivity index (χ2v) is 5.77. The third kappa shape index (κ3) is 3.07. The van der Waals surface area contributed by atoms with Crippen LogP contribution in [0.4, 0.5) is 5.82 Å². The van der Waals surface area contributed by atoms with E-state index in [9.17, 15) is 4.79 Å². The zero-order chi connectivity index (χ0) is 15.5. The molecule has 3 heterocycles. The maximum atomic E-state index is 12.3. The lowest BCUT2D eigenvalue weighted by Crippen LogP contribution is -2.23. The van der Waals surface area contributed by atoms with Crippen molar-refractivity contribution in [2.75, 3.05) is 7.05 Å². The topological polar surface area (TPSA) is 58.5 Å². The lowest BCUT2D eigenvalue weighted by atomic mass is 10.3. The minimum absolute atomic E-state index is 0.0814. The molecular formula is C16H14N4OS. The molecule has 6 heteroatoms. The summed E-state index contributed by atoms with van der Waals surface area (Å²) >= 11 is 1.33. The molecule has 2 aromatic heterocycles. The number of rotatable bonds is 2. The standard InChI is InChI=1S/C16H14N4OS/c1-11-6-5-8-14(18-11)19-16-20(2)15(21)13(22-16)10-12-7-3-4-9-17-12/h3-10H,1-2H3/b13-10-,19-16+. The molecule has 1 aliphatic rings. The van der Waals surface area contributed by atoms with E-state index in [1.165, 1.54) is 16.7 Å². The predicted molar refractivity (Wildman–Crippen MR) is 88.6 cm³/mol. The highest BCUT2D eigenvalue weighted by Gasteiger charge is 2.30. The summed E-state index contributed by atoms with van der Waals surface area (Å²) in [5, 5.41) is 0.616. The monoisotopic (exact) mass is 310 g/mol. The Kier molecular flexibility index (Phi) is 4.02. The Morgan fingerprint density at radius 3 is 2.82 bits per heavy atom. The van der Waals surface area contributed by atoms with Crippen LogP contribution in [0.25, 0.3) is 6.08 Å². The van der Waals surface area contributed by atoms with Crippen molar-refractivity contribution in [2.24, 2.45) is 4.99 Å². The first-order chi connectivity index (χ1) is 10.6. The van der Waals surface area contributed by atoms with E-state index in [4.69, 9.17) is 0 Å².